The fourth-order valence-electron chi connectivity index (χ4n) is 2.51. The molecular weight excluding hydrogens is 230 g/mol. The Kier molecular flexibility index (Phi) is 5.59. The molecule has 0 aliphatic carbocycles. The quantitative estimate of drug-likeness (QED) is 0.761. The van der Waals surface area contributed by atoms with Gasteiger partial charge in [-0.2, -0.15) is 0 Å². The van der Waals surface area contributed by atoms with Crippen molar-refractivity contribution in [2.75, 3.05) is 20.1 Å². The Morgan fingerprint density at radius 3 is 2.56 bits per heavy atom. The lowest BCUT2D eigenvalue weighted by atomic mass is 9.91. The first-order valence-electron chi connectivity index (χ1n) is 6.75. The predicted octanol–water partition coefficient (Wildman–Crippen LogP) is 0.344. The lowest BCUT2D eigenvalue weighted by Gasteiger charge is -2.37. The van der Waals surface area contributed by atoms with Gasteiger partial charge < -0.3 is 16.0 Å². The second-order valence-corrected chi connectivity index (χ2v) is 5.24. The minimum Gasteiger partial charge on any atom is -0.357 e. The molecule has 104 valence electrons. The minimum atomic E-state index is -0.316. The van der Waals surface area contributed by atoms with Gasteiger partial charge in [0.25, 0.3) is 0 Å². The van der Waals surface area contributed by atoms with Gasteiger partial charge in [0, 0.05) is 20.1 Å². The molecule has 0 bridgehead atoms. The highest BCUT2D eigenvalue weighted by atomic mass is 16.2. The van der Waals surface area contributed by atoms with Crippen LogP contribution in [0.1, 0.15) is 33.1 Å². The van der Waals surface area contributed by atoms with Crippen molar-refractivity contribution in [2.45, 2.75) is 39.2 Å². The van der Waals surface area contributed by atoms with Crippen LogP contribution in [0.2, 0.25) is 0 Å². The Bertz CT molecular complexity index is 305. The predicted molar refractivity (Wildman–Crippen MR) is 70.8 cm³/mol. The van der Waals surface area contributed by atoms with Crippen LogP contribution in [0.3, 0.4) is 0 Å². The van der Waals surface area contributed by atoms with E-state index in [1.807, 2.05) is 13.8 Å². The van der Waals surface area contributed by atoms with E-state index in [-0.39, 0.29) is 29.7 Å². The first-order valence-corrected chi connectivity index (χ1v) is 6.75. The molecule has 3 N–H and O–H groups in total. The molecule has 18 heavy (non-hydrogen) atoms. The minimum absolute atomic E-state index is 0.0285. The molecule has 2 unspecified atom stereocenters. The van der Waals surface area contributed by atoms with E-state index < -0.39 is 0 Å². The highest BCUT2D eigenvalue weighted by Crippen LogP contribution is 2.22. The van der Waals surface area contributed by atoms with Gasteiger partial charge in [0.1, 0.15) is 6.04 Å². The molecule has 0 aromatic rings. The van der Waals surface area contributed by atoms with Crippen LogP contribution in [0, 0.1) is 11.8 Å². The third-order valence-electron chi connectivity index (χ3n) is 3.71. The SMILES string of the molecule is CNC(=O)C1CCCCN1C(=O)C(CN)C(C)C. The molecule has 0 spiro atoms. The topological polar surface area (TPSA) is 75.4 Å². The molecule has 1 saturated heterocycles. The molecule has 5 nitrogen and oxygen atoms in total. The Balaban J connectivity index is 2.82. The van der Waals surface area contributed by atoms with Crippen LogP contribution in [0.5, 0.6) is 0 Å². The van der Waals surface area contributed by atoms with Crippen LogP contribution in [-0.2, 0) is 9.59 Å². The highest BCUT2D eigenvalue weighted by molar-refractivity contribution is 5.88. The van der Waals surface area contributed by atoms with Crippen LogP contribution in [-0.4, -0.2) is 42.9 Å². The molecule has 1 aliphatic rings. The largest absolute Gasteiger partial charge is 0.357 e. The number of nitrogens with zero attached hydrogens (tertiary/aromatic N) is 1. The Hall–Kier alpha value is -1.10. The number of likely N-dealkylation sites (N-methyl/N-ethyl adjacent to an activating group) is 1. The standard InChI is InChI=1S/C13H25N3O2/c1-9(2)10(8-14)13(18)16-7-5-4-6-11(16)12(17)15-3/h9-11H,4-8,14H2,1-3H3,(H,15,17). The zero-order valence-corrected chi connectivity index (χ0v) is 11.6. The number of nitrogens with two attached hydrogens (primary N) is 1. The van der Waals surface area contributed by atoms with Crippen molar-refractivity contribution in [3.8, 4) is 0 Å². The maximum Gasteiger partial charge on any atom is 0.242 e. The molecular formula is C13H25N3O2. The summed E-state index contributed by atoms with van der Waals surface area (Å²) < 4.78 is 0. The van der Waals surface area contributed by atoms with Crippen molar-refractivity contribution in [1.29, 1.82) is 0 Å². The Morgan fingerprint density at radius 1 is 1.39 bits per heavy atom. The number of piperidine rings is 1. The summed E-state index contributed by atoms with van der Waals surface area (Å²) >= 11 is 0. The molecule has 1 aliphatic heterocycles. The number of carbonyl (C=O) groups excluding carboxylic acids is 2. The molecule has 0 aromatic carbocycles. The number of rotatable bonds is 4. The van der Waals surface area contributed by atoms with Gasteiger partial charge in [-0.25, -0.2) is 0 Å². The summed E-state index contributed by atoms with van der Waals surface area (Å²) in [6.45, 7) is 5.00. The summed E-state index contributed by atoms with van der Waals surface area (Å²) in [5, 5.41) is 2.64. The van der Waals surface area contributed by atoms with Crippen LogP contribution < -0.4 is 11.1 Å². The molecule has 1 rings (SSSR count). The van der Waals surface area contributed by atoms with E-state index in [0.29, 0.717) is 13.1 Å². The van der Waals surface area contributed by atoms with Gasteiger partial charge in [-0.3, -0.25) is 9.59 Å². The van der Waals surface area contributed by atoms with E-state index in [0.717, 1.165) is 19.3 Å². The van der Waals surface area contributed by atoms with Gasteiger partial charge in [-0.1, -0.05) is 13.8 Å². The number of nitrogens with one attached hydrogen (secondary N) is 1. The second-order valence-electron chi connectivity index (χ2n) is 5.24. The van der Waals surface area contributed by atoms with E-state index >= 15 is 0 Å². The molecule has 0 saturated carbocycles. The van der Waals surface area contributed by atoms with E-state index in [1.165, 1.54) is 0 Å². The van der Waals surface area contributed by atoms with Crippen LogP contribution >= 0.6 is 0 Å². The Morgan fingerprint density at radius 2 is 2.06 bits per heavy atom. The third kappa shape index (κ3) is 3.22. The number of amides is 2. The molecule has 1 fully saturated rings. The molecule has 0 radical (unpaired) electrons. The van der Waals surface area contributed by atoms with Gasteiger partial charge in [-0.05, 0) is 25.2 Å². The van der Waals surface area contributed by atoms with Crippen molar-refractivity contribution < 1.29 is 9.59 Å². The van der Waals surface area contributed by atoms with Gasteiger partial charge in [-0.15, -0.1) is 0 Å². The van der Waals surface area contributed by atoms with Gasteiger partial charge >= 0.3 is 0 Å². The summed E-state index contributed by atoms with van der Waals surface area (Å²) in [4.78, 5) is 26.0. The molecule has 2 atom stereocenters. The zero-order valence-electron chi connectivity index (χ0n) is 11.6. The molecule has 0 aromatic heterocycles. The molecule has 2 amide bonds. The van der Waals surface area contributed by atoms with Crippen molar-refractivity contribution in [3.05, 3.63) is 0 Å². The number of likely N-dealkylation sites (tertiary alicyclic amines) is 1. The van der Waals surface area contributed by atoms with E-state index in [9.17, 15) is 9.59 Å². The van der Waals surface area contributed by atoms with Crippen molar-refractivity contribution in [2.24, 2.45) is 17.6 Å². The lowest BCUT2D eigenvalue weighted by molar-refractivity contribution is -0.146. The Labute approximate surface area is 109 Å². The van der Waals surface area contributed by atoms with Gasteiger partial charge in [0.05, 0.1) is 5.92 Å². The molecule has 1 heterocycles. The lowest BCUT2D eigenvalue weighted by Crippen LogP contribution is -2.54. The first-order chi connectivity index (χ1) is 8.52. The van der Waals surface area contributed by atoms with Crippen molar-refractivity contribution in [3.63, 3.8) is 0 Å². The van der Waals surface area contributed by atoms with Gasteiger partial charge in [0.15, 0.2) is 0 Å². The summed E-state index contributed by atoms with van der Waals surface area (Å²) in [6, 6.07) is -0.316. The fourth-order valence-corrected chi connectivity index (χ4v) is 2.51. The smallest absolute Gasteiger partial charge is 0.242 e. The maximum absolute atomic E-state index is 12.5. The van der Waals surface area contributed by atoms with Gasteiger partial charge in [0.2, 0.25) is 11.8 Å². The zero-order chi connectivity index (χ0) is 13.7. The average Bonchev–Trinajstić information content (AvgIpc) is 2.38. The first kappa shape index (κ1) is 15.0. The summed E-state index contributed by atoms with van der Waals surface area (Å²) in [6.07, 6.45) is 2.71. The normalized spacial score (nSPS) is 21.8. The average molecular weight is 255 g/mol. The summed E-state index contributed by atoms with van der Waals surface area (Å²) in [5.74, 6) is -0.0200. The second kappa shape index (κ2) is 6.73. The third-order valence-corrected chi connectivity index (χ3v) is 3.71. The summed E-state index contributed by atoms with van der Waals surface area (Å²) in [5.41, 5.74) is 5.69. The molecule has 5 heteroatoms. The summed E-state index contributed by atoms with van der Waals surface area (Å²) in [7, 11) is 1.61. The number of hydrogen-bond acceptors (Lipinski definition) is 3. The highest BCUT2D eigenvalue weighted by Gasteiger charge is 2.35. The van der Waals surface area contributed by atoms with E-state index in [1.54, 1.807) is 11.9 Å². The van der Waals surface area contributed by atoms with Crippen molar-refractivity contribution in [1.82, 2.24) is 10.2 Å². The fraction of sp³-hybridized carbons (Fsp3) is 0.846. The maximum atomic E-state index is 12.5. The van der Waals surface area contributed by atoms with Crippen LogP contribution in [0.4, 0.5) is 0 Å². The van der Waals surface area contributed by atoms with E-state index in [4.69, 9.17) is 5.73 Å². The van der Waals surface area contributed by atoms with Crippen molar-refractivity contribution >= 4 is 11.8 Å². The monoisotopic (exact) mass is 255 g/mol. The number of hydrogen-bond donors (Lipinski definition) is 2. The van der Waals surface area contributed by atoms with Crippen LogP contribution in [0.25, 0.3) is 0 Å². The van der Waals surface area contributed by atoms with E-state index in [2.05, 4.69) is 5.32 Å². The number of carbonyl (C=O) groups is 2. The van der Waals surface area contributed by atoms with Crippen LogP contribution in [0.15, 0.2) is 0 Å².